The van der Waals surface area contributed by atoms with Crippen LogP contribution in [0.3, 0.4) is 0 Å². The van der Waals surface area contributed by atoms with Crippen LogP contribution in [0.2, 0.25) is 5.02 Å². The van der Waals surface area contributed by atoms with Crippen LogP contribution in [0.4, 0.5) is 14.5 Å². The molecule has 2 aliphatic rings. The molecular formula is C26H23ClF2N2O. The number of benzene rings is 3. The van der Waals surface area contributed by atoms with Gasteiger partial charge in [-0.3, -0.25) is 4.79 Å². The lowest BCUT2D eigenvalue weighted by molar-refractivity contribution is -0.110. The number of amides is 1. The molecule has 0 aliphatic carbocycles. The molecule has 1 N–H and O–H groups in total. The van der Waals surface area contributed by atoms with E-state index in [4.69, 9.17) is 11.6 Å². The average molecular weight is 453 g/mol. The highest BCUT2D eigenvalue weighted by molar-refractivity contribution is 6.36. The molecule has 32 heavy (non-hydrogen) atoms. The summed E-state index contributed by atoms with van der Waals surface area (Å²) in [6, 6.07) is 16.9. The number of fused-ring (bicyclic) bond motifs is 1. The Bertz CT molecular complexity index is 1160. The third-order valence-corrected chi connectivity index (χ3v) is 6.14. The molecule has 0 saturated carbocycles. The molecule has 3 nitrogen and oxygen atoms in total. The Kier molecular flexibility index (Phi) is 6.40. The minimum atomic E-state index is -0.537. The van der Waals surface area contributed by atoms with E-state index in [2.05, 4.69) is 48.1 Å². The second kappa shape index (κ2) is 9.23. The van der Waals surface area contributed by atoms with Crippen molar-refractivity contribution >= 4 is 28.8 Å². The monoisotopic (exact) mass is 452 g/mol. The minimum Gasteiger partial charge on any atom is -0.321 e. The Hall–Kier alpha value is -3.02. The first-order chi connectivity index (χ1) is 15.3. The van der Waals surface area contributed by atoms with Gasteiger partial charge in [0, 0.05) is 29.3 Å². The van der Waals surface area contributed by atoms with E-state index in [1.165, 1.54) is 30.2 Å². The van der Waals surface area contributed by atoms with E-state index in [1.807, 2.05) is 12.1 Å². The van der Waals surface area contributed by atoms with Crippen molar-refractivity contribution in [3.8, 4) is 11.1 Å². The molecule has 164 valence electrons. The number of likely N-dealkylation sites (tertiary alicyclic amines) is 1. The number of halogens is 3. The topological polar surface area (TPSA) is 32.3 Å². The van der Waals surface area contributed by atoms with Gasteiger partial charge in [-0.1, -0.05) is 48.5 Å². The van der Waals surface area contributed by atoms with E-state index in [1.54, 1.807) is 0 Å². The number of carbonyl (C=O) groups is 1. The third kappa shape index (κ3) is 4.74. The summed E-state index contributed by atoms with van der Waals surface area (Å²) in [6.07, 6.45) is 1.21. The van der Waals surface area contributed by atoms with E-state index < -0.39 is 11.6 Å². The molecule has 1 unspecified atom stereocenters. The number of anilines is 1. The number of nitrogens with zero attached hydrogens (tertiary/aromatic N) is 1. The molecule has 2 aliphatic heterocycles. The van der Waals surface area contributed by atoms with Gasteiger partial charge in [-0.05, 0) is 61.3 Å². The summed E-state index contributed by atoms with van der Waals surface area (Å²) in [5.41, 5.74) is 5.44. The molecule has 1 amide bonds. The highest BCUT2D eigenvalue weighted by atomic mass is 35.5. The van der Waals surface area contributed by atoms with Gasteiger partial charge in [0.2, 0.25) is 0 Å². The zero-order valence-corrected chi connectivity index (χ0v) is 18.4. The Balaban J connectivity index is 0.000000260. The lowest BCUT2D eigenvalue weighted by Gasteiger charge is -2.13. The van der Waals surface area contributed by atoms with Crippen LogP contribution in [0.5, 0.6) is 0 Å². The van der Waals surface area contributed by atoms with Crippen LogP contribution in [-0.2, 0) is 4.79 Å². The Morgan fingerprint density at radius 2 is 1.72 bits per heavy atom. The Morgan fingerprint density at radius 3 is 2.28 bits per heavy atom. The highest BCUT2D eigenvalue weighted by Crippen LogP contribution is 2.39. The van der Waals surface area contributed by atoms with Crippen LogP contribution < -0.4 is 5.32 Å². The number of rotatable bonds is 2. The van der Waals surface area contributed by atoms with E-state index in [0.717, 1.165) is 41.5 Å². The van der Waals surface area contributed by atoms with Crippen LogP contribution in [0.25, 0.3) is 16.7 Å². The van der Waals surface area contributed by atoms with Crippen molar-refractivity contribution in [3.05, 3.63) is 95.0 Å². The molecule has 6 heteroatoms. The van der Waals surface area contributed by atoms with Gasteiger partial charge in [0.25, 0.3) is 5.91 Å². The lowest BCUT2D eigenvalue weighted by Crippen LogP contribution is -2.13. The molecule has 5 rings (SSSR count). The van der Waals surface area contributed by atoms with Crippen molar-refractivity contribution < 1.29 is 13.6 Å². The average Bonchev–Trinajstić information content (AvgIpc) is 3.31. The van der Waals surface area contributed by atoms with Crippen molar-refractivity contribution in [1.29, 1.82) is 0 Å². The van der Waals surface area contributed by atoms with Crippen LogP contribution in [0.15, 0.2) is 67.2 Å². The molecule has 1 atom stereocenters. The standard InChI is InChI=1S/C20H19ClN2O.C6H4F2/c1-12-16-9-17(18(21)10-19(16)22-20(12)24)14-5-3-13(4-6-14)15-7-8-23(2)11-15;7-5-2-1-3-6(8)4-5/h3-6,9-10,15H,1,7-8,11H2,2H3,(H,22,24);1-4H. The second-order valence-electron chi connectivity index (χ2n) is 8.12. The molecule has 0 bridgehead atoms. The normalized spacial score (nSPS) is 17.6. The summed E-state index contributed by atoms with van der Waals surface area (Å²) in [4.78, 5) is 14.1. The van der Waals surface area contributed by atoms with Crippen molar-refractivity contribution in [3.63, 3.8) is 0 Å². The summed E-state index contributed by atoms with van der Waals surface area (Å²) >= 11 is 6.44. The SMILES string of the molecule is C=C1C(=O)Nc2cc(Cl)c(-c3ccc(C4CCN(C)C4)cc3)cc21.Fc1cccc(F)c1. The number of nitrogens with one attached hydrogen (secondary N) is 1. The van der Waals surface area contributed by atoms with Crippen molar-refractivity contribution in [2.24, 2.45) is 0 Å². The summed E-state index contributed by atoms with van der Waals surface area (Å²) in [5.74, 6) is -0.616. The molecule has 1 fully saturated rings. The summed E-state index contributed by atoms with van der Waals surface area (Å²) in [7, 11) is 2.17. The van der Waals surface area contributed by atoms with Gasteiger partial charge >= 0.3 is 0 Å². The van der Waals surface area contributed by atoms with Crippen molar-refractivity contribution in [1.82, 2.24) is 4.90 Å². The van der Waals surface area contributed by atoms with Crippen LogP contribution in [0.1, 0.15) is 23.5 Å². The van der Waals surface area contributed by atoms with Gasteiger partial charge in [-0.25, -0.2) is 8.78 Å². The summed E-state index contributed by atoms with van der Waals surface area (Å²) < 4.78 is 23.9. The first-order valence-corrected chi connectivity index (χ1v) is 10.7. The fourth-order valence-corrected chi connectivity index (χ4v) is 4.34. The lowest BCUT2D eigenvalue weighted by atomic mass is 9.94. The van der Waals surface area contributed by atoms with Crippen LogP contribution in [0, 0.1) is 11.6 Å². The van der Waals surface area contributed by atoms with Crippen LogP contribution in [-0.4, -0.2) is 30.9 Å². The maximum atomic E-state index is 11.9. The first kappa shape index (κ1) is 22.2. The molecule has 2 heterocycles. The van der Waals surface area contributed by atoms with E-state index >= 15 is 0 Å². The Labute approximate surface area is 191 Å². The van der Waals surface area contributed by atoms with Crippen LogP contribution >= 0.6 is 11.6 Å². The fraction of sp³-hybridized carbons (Fsp3) is 0.192. The quantitative estimate of drug-likeness (QED) is 0.459. The predicted octanol–water partition coefficient (Wildman–Crippen LogP) is 6.36. The number of hydrogen-bond acceptors (Lipinski definition) is 2. The number of likely N-dealkylation sites (N-methyl/N-ethyl adjacent to an activating group) is 1. The Morgan fingerprint density at radius 1 is 1.03 bits per heavy atom. The maximum Gasteiger partial charge on any atom is 0.255 e. The van der Waals surface area contributed by atoms with Gasteiger partial charge < -0.3 is 10.2 Å². The smallest absolute Gasteiger partial charge is 0.255 e. The van der Waals surface area contributed by atoms with E-state index in [-0.39, 0.29) is 5.91 Å². The zero-order valence-electron chi connectivity index (χ0n) is 17.7. The van der Waals surface area contributed by atoms with E-state index in [9.17, 15) is 13.6 Å². The molecular weight excluding hydrogens is 430 g/mol. The van der Waals surface area contributed by atoms with Gasteiger partial charge in [0.1, 0.15) is 11.6 Å². The maximum absolute atomic E-state index is 11.9. The van der Waals surface area contributed by atoms with Gasteiger partial charge in [-0.15, -0.1) is 0 Å². The highest BCUT2D eigenvalue weighted by Gasteiger charge is 2.24. The van der Waals surface area contributed by atoms with Gasteiger partial charge in [0.15, 0.2) is 0 Å². The fourth-order valence-electron chi connectivity index (χ4n) is 4.07. The summed E-state index contributed by atoms with van der Waals surface area (Å²) in [5, 5.41) is 3.43. The minimum absolute atomic E-state index is 0.154. The molecule has 0 spiro atoms. The molecule has 0 aromatic heterocycles. The first-order valence-electron chi connectivity index (χ1n) is 10.4. The zero-order chi connectivity index (χ0) is 22.8. The number of carbonyl (C=O) groups excluding carboxylic acids is 1. The largest absolute Gasteiger partial charge is 0.321 e. The third-order valence-electron chi connectivity index (χ3n) is 5.83. The number of hydrogen-bond donors (Lipinski definition) is 1. The van der Waals surface area contributed by atoms with Crippen molar-refractivity contribution in [2.45, 2.75) is 12.3 Å². The molecule has 1 saturated heterocycles. The molecule has 3 aromatic rings. The predicted molar refractivity (Wildman–Crippen MR) is 126 cm³/mol. The van der Waals surface area contributed by atoms with Gasteiger partial charge in [-0.2, -0.15) is 0 Å². The molecule has 0 radical (unpaired) electrons. The summed E-state index contributed by atoms with van der Waals surface area (Å²) in [6.45, 7) is 6.13. The second-order valence-corrected chi connectivity index (χ2v) is 8.53. The van der Waals surface area contributed by atoms with E-state index in [0.29, 0.717) is 16.5 Å². The molecule has 3 aromatic carbocycles. The van der Waals surface area contributed by atoms with Gasteiger partial charge in [0.05, 0.1) is 10.7 Å². The van der Waals surface area contributed by atoms with Crippen molar-refractivity contribution in [2.75, 3.05) is 25.5 Å².